The number of hydrogen-bond donors (Lipinski definition) is 2. The van der Waals surface area contributed by atoms with Gasteiger partial charge in [0, 0.05) is 5.69 Å². The standard InChI is InChI=1S/C20H21N3O2S/c1-3-16-9-5-6-10-18(16)22-20-13-12-17(14-21-20)23-26(24,25)19-11-7-4-8-15(19)2/h4-14,23H,3H2,1-2H3,(H,21,22). The van der Waals surface area contributed by atoms with Crippen LogP contribution in [0.4, 0.5) is 17.2 Å². The molecule has 6 heteroatoms. The minimum atomic E-state index is -3.64. The Balaban J connectivity index is 1.77. The second-order valence-electron chi connectivity index (χ2n) is 5.94. The highest BCUT2D eigenvalue weighted by molar-refractivity contribution is 7.92. The largest absolute Gasteiger partial charge is 0.340 e. The Labute approximate surface area is 154 Å². The van der Waals surface area contributed by atoms with Crippen LogP contribution in [0.25, 0.3) is 0 Å². The quantitative estimate of drug-likeness (QED) is 0.673. The average molecular weight is 367 g/mol. The van der Waals surface area contributed by atoms with E-state index in [0.29, 0.717) is 17.1 Å². The molecule has 2 aromatic carbocycles. The highest BCUT2D eigenvalue weighted by Crippen LogP contribution is 2.22. The zero-order chi connectivity index (χ0) is 18.6. The van der Waals surface area contributed by atoms with E-state index in [-0.39, 0.29) is 4.90 Å². The molecule has 0 unspecified atom stereocenters. The lowest BCUT2D eigenvalue weighted by molar-refractivity contribution is 0.600. The van der Waals surface area contributed by atoms with Gasteiger partial charge in [0.15, 0.2) is 0 Å². The fourth-order valence-electron chi connectivity index (χ4n) is 2.68. The van der Waals surface area contributed by atoms with Gasteiger partial charge in [-0.2, -0.15) is 0 Å². The van der Waals surface area contributed by atoms with Gasteiger partial charge in [0.2, 0.25) is 0 Å². The lowest BCUT2D eigenvalue weighted by atomic mass is 10.1. The van der Waals surface area contributed by atoms with Gasteiger partial charge < -0.3 is 5.32 Å². The third-order valence-corrected chi connectivity index (χ3v) is 5.60. The number of hydrogen-bond acceptors (Lipinski definition) is 4. The number of aromatic nitrogens is 1. The average Bonchev–Trinajstić information content (AvgIpc) is 2.64. The monoisotopic (exact) mass is 367 g/mol. The van der Waals surface area contributed by atoms with Crippen molar-refractivity contribution < 1.29 is 8.42 Å². The summed E-state index contributed by atoms with van der Waals surface area (Å²) in [6.07, 6.45) is 2.42. The van der Waals surface area contributed by atoms with Gasteiger partial charge >= 0.3 is 0 Å². The first kappa shape index (κ1) is 17.9. The van der Waals surface area contributed by atoms with E-state index in [9.17, 15) is 8.42 Å². The fourth-order valence-corrected chi connectivity index (χ4v) is 3.98. The number of rotatable bonds is 6. The van der Waals surface area contributed by atoms with E-state index in [2.05, 4.69) is 28.0 Å². The summed E-state index contributed by atoms with van der Waals surface area (Å²) in [6.45, 7) is 3.86. The molecule has 0 aliphatic carbocycles. The molecule has 0 aliphatic heterocycles. The van der Waals surface area contributed by atoms with Crippen molar-refractivity contribution in [1.29, 1.82) is 0 Å². The first-order valence-corrected chi connectivity index (χ1v) is 9.87. The van der Waals surface area contributed by atoms with Crippen LogP contribution in [0.15, 0.2) is 71.8 Å². The highest BCUT2D eigenvalue weighted by Gasteiger charge is 2.16. The maximum atomic E-state index is 12.5. The SMILES string of the molecule is CCc1ccccc1Nc1ccc(NS(=O)(=O)c2ccccc2C)cn1. The van der Waals surface area contributed by atoms with Gasteiger partial charge in [0.05, 0.1) is 16.8 Å². The maximum absolute atomic E-state index is 12.5. The molecule has 0 atom stereocenters. The van der Waals surface area contributed by atoms with Gasteiger partial charge in [-0.3, -0.25) is 4.72 Å². The Kier molecular flexibility index (Phi) is 5.23. The van der Waals surface area contributed by atoms with Crippen LogP contribution in [-0.4, -0.2) is 13.4 Å². The predicted molar refractivity (Wildman–Crippen MR) is 105 cm³/mol. The normalized spacial score (nSPS) is 11.2. The first-order chi connectivity index (χ1) is 12.5. The van der Waals surface area contributed by atoms with Crippen LogP contribution in [0.3, 0.4) is 0 Å². The van der Waals surface area contributed by atoms with Crippen molar-refractivity contribution >= 4 is 27.2 Å². The molecule has 134 valence electrons. The number of para-hydroxylation sites is 1. The minimum Gasteiger partial charge on any atom is -0.340 e. The molecular weight excluding hydrogens is 346 g/mol. The van der Waals surface area contributed by atoms with E-state index in [1.165, 1.54) is 11.8 Å². The number of aryl methyl sites for hydroxylation is 2. The zero-order valence-corrected chi connectivity index (χ0v) is 15.5. The number of nitrogens with one attached hydrogen (secondary N) is 2. The summed E-state index contributed by atoms with van der Waals surface area (Å²) in [7, 11) is -3.64. The topological polar surface area (TPSA) is 71.1 Å². The van der Waals surface area contributed by atoms with Gasteiger partial charge in [0.1, 0.15) is 5.82 Å². The number of nitrogens with zero attached hydrogens (tertiary/aromatic N) is 1. The molecule has 1 heterocycles. The lowest BCUT2D eigenvalue weighted by Gasteiger charge is -2.12. The molecule has 3 rings (SSSR count). The molecule has 2 N–H and O–H groups in total. The molecule has 0 radical (unpaired) electrons. The molecule has 0 aliphatic rings. The van der Waals surface area contributed by atoms with Crippen LogP contribution >= 0.6 is 0 Å². The van der Waals surface area contributed by atoms with Crippen molar-refractivity contribution in [3.8, 4) is 0 Å². The molecule has 0 bridgehead atoms. The van der Waals surface area contributed by atoms with Crippen LogP contribution in [0.5, 0.6) is 0 Å². The number of pyridine rings is 1. The second-order valence-corrected chi connectivity index (χ2v) is 7.59. The van der Waals surface area contributed by atoms with Crippen LogP contribution in [-0.2, 0) is 16.4 Å². The third-order valence-electron chi connectivity index (χ3n) is 4.06. The van der Waals surface area contributed by atoms with Gasteiger partial charge in [-0.25, -0.2) is 13.4 Å². The van der Waals surface area contributed by atoms with Gasteiger partial charge in [-0.15, -0.1) is 0 Å². The van der Waals surface area contributed by atoms with E-state index in [4.69, 9.17) is 0 Å². The van der Waals surface area contributed by atoms with Crippen LogP contribution in [0, 0.1) is 6.92 Å². The van der Waals surface area contributed by atoms with E-state index in [1.807, 2.05) is 24.3 Å². The summed E-state index contributed by atoms with van der Waals surface area (Å²) in [5.41, 5.74) is 3.30. The Morgan fingerprint density at radius 2 is 1.69 bits per heavy atom. The molecule has 0 spiro atoms. The summed E-state index contributed by atoms with van der Waals surface area (Å²) in [4.78, 5) is 4.57. The van der Waals surface area contributed by atoms with E-state index < -0.39 is 10.0 Å². The highest BCUT2D eigenvalue weighted by atomic mass is 32.2. The summed E-state index contributed by atoms with van der Waals surface area (Å²) in [5, 5.41) is 3.27. The smallest absolute Gasteiger partial charge is 0.262 e. The summed E-state index contributed by atoms with van der Waals surface area (Å²) in [5.74, 6) is 0.657. The fraction of sp³-hybridized carbons (Fsp3) is 0.150. The Bertz CT molecular complexity index is 1000. The molecule has 1 aromatic heterocycles. The summed E-state index contributed by atoms with van der Waals surface area (Å²) in [6, 6.07) is 18.3. The van der Waals surface area contributed by atoms with Crippen molar-refractivity contribution in [3.05, 3.63) is 78.0 Å². The maximum Gasteiger partial charge on any atom is 0.262 e. The van der Waals surface area contributed by atoms with Gasteiger partial charge in [0.25, 0.3) is 10.0 Å². The van der Waals surface area contributed by atoms with Crippen molar-refractivity contribution in [2.45, 2.75) is 25.2 Å². The van der Waals surface area contributed by atoms with Crippen LogP contribution in [0.1, 0.15) is 18.1 Å². The second kappa shape index (κ2) is 7.58. The molecule has 5 nitrogen and oxygen atoms in total. The molecule has 0 fully saturated rings. The Morgan fingerprint density at radius 3 is 2.38 bits per heavy atom. The summed E-state index contributed by atoms with van der Waals surface area (Å²) >= 11 is 0. The predicted octanol–water partition coefficient (Wildman–Crippen LogP) is 4.50. The van der Waals surface area contributed by atoms with Crippen molar-refractivity contribution in [1.82, 2.24) is 4.98 Å². The Morgan fingerprint density at radius 1 is 0.962 bits per heavy atom. The third kappa shape index (κ3) is 4.03. The van der Waals surface area contributed by atoms with E-state index in [0.717, 1.165) is 12.1 Å². The minimum absolute atomic E-state index is 0.263. The van der Waals surface area contributed by atoms with Gasteiger partial charge in [-0.1, -0.05) is 43.3 Å². The molecule has 0 saturated heterocycles. The zero-order valence-electron chi connectivity index (χ0n) is 14.7. The van der Waals surface area contributed by atoms with Crippen molar-refractivity contribution in [3.63, 3.8) is 0 Å². The summed E-state index contributed by atoms with van der Waals surface area (Å²) < 4.78 is 27.6. The molecule has 26 heavy (non-hydrogen) atoms. The van der Waals surface area contributed by atoms with E-state index in [1.54, 1.807) is 37.3 Å². The van der Waals surface area contributed by atoms with Crippen LogP contribution in [0.2, 0.25) is 0 Å². The lowest BCUT2D eigenvalue weighted by Crippen LogP contribution is -2.14. The molecule has 0 saturated carbocycles. The molecular formula is C20H21N3O2S. The van der Waals surface area contributed by atoms with Crippen molar-refractivity contribution in [2.24, 2.45) is 0 Å². The first-order valence-electron chi connectivity index (χ1n) is 8.39. The number of benzene rings is 2. The van der Waals surface area contributed by atoms with Crippen molar-refractivity contribution in [2.75, 3.05) is 10.0 Å². The molecule has 3 aromatic rings. The number of anilines is 3. The van der Waals surface area contributed by atoms with Gasteiger partial charge in [-0.05, 0) is 48.7 Å². The van der Waals surface area contributed by atoms with Crippen LogP contribution < -0.4 is 10.0 Å². The molecule has 0 amide bonds. The Hall–Kier alpha value is -2.86. The number of sulfonamides is 1. The van der Waals surface area contributed by atoms with E-state index >= 15 is 0 Å².